The number of ether oxygens (including phenoxy) is 2. The van der Waals surface area contributed by atoms with E-state index in [-0.39, 0.29) is 12.8 Å². The van der Waals surface area contributed by atoms with E-state index in [9.17, 15) is 29.3 Å². The molecule has 0 aromatic rings. The summed E-state index contributed by atoms with van der Waals surface area (Å²) in [5.41, 5.74) is 0. The van der Waals surface area contributed by atoms with Crippen LogP contribution in [-0.4, -0.2) is 65.7 Å². The van der Waals surface area contributed by atoms with Gasteiger partial charge >= 0.3 is 19.8 Å². The molecule has 0 bridgehead atoms. The van der Waals surface area contributed by atoms with E-state index in [0.29, 0.717) is 12.8 Å². The van der Waals surface area contributed by atoms with Crippen LogP contribution in [0, 0.1) is 0 Å². The topological polar surface area (TPSA) is 149 Å². The molecule has 0 saturated carbocycles. The van der Waals surface area contributed by atoms with E-state index in [1.165, 1.54) is 180 Å². The number of phosphoric acid groups is 1. The lowest BCUT2D eigenvalue weighted by molar-refractivity contribution is -0.153. The molecule has 352 valence electrons. The molecule has 0 spiro atoms. The highest BCUT2D eigenvalue weighted by Crippen LogP contribution is 2.43. The van der Waals surface area contributed by atoms with Gasteiger partial charge in [0.1, 0.15) is 12.2 Å². The smallest absolute Gasteiger partial charge is 0.457 e. The molecular weight excluding hydrogens is 767 g/mol. The van der Waals surface area contributed by atoms with Crippen molar-refractivity contribution in [1.82, 2.24) is 0 Å². The normalized spacial score (nSPS) is 13.6. The molecule has 0 rings (SSSR count). The summed E-state index contributed by atoms with van der Waals surface area (Å²) in [6.07, 6.45) is 43.8. The minimum Gasteiger partial charge on any atom is -0.457 e. The van der Waals surface area contributed by atoms with Gasteiger partial charge in [-0.3, -0.25) is 18.6 Å². The van der Waals surface area contributed by atoms with Crippen LogP contribution in [0.1, 0.15) is 258 Å². The van der Waals surface area contributed by atoms with Crippen LogP contribution < -0.4 is 0 Å². The molecule has 0 aromatic carbocycles. The van der Waals surface area contributed by atoms with Crippen molar-refractivity contribution in [1.29, 1.82) is 0 Å². The number of esters is 2. The van der Waals surface area contributed by atoms with Gasteiger partial charge in [0.2, 0.25) is 0 Å². The van der Waals surface area contributed by atoms with E-state index in [4.69, 9.17) is 18.5 Å². The quantitative estimate of drug-likeness (QED) is 0.0306. The van der Waals surface area contributed by atoms with E-state index in [1.807, 2.05) is 0 Å². The number of phosphoric ester groups is 1. The number of carbonyl (C=O) groups is 2. The minimum absolute atomic E-state index is 0.199. The van der Waals surface area contributed by atoms with E-state index in [2.05, 4.69) is 13.8 Å². The number of unbranched alkanes of at least 4 members (excludes halogenated alkanes) is 34. The molecule has 0 heterocycles. The van der Waals surface area contributed by atoms with Crippen molar-refractivity contribution in [2.75, 3.05) is 26.4 Å². The zero-order chi connectivity index (χ0) is 43.3. The number of hydrogen-bond donors (Lipinski definition) is 3. The predicted octanol–water partition coefficient (Wildman–Crippen LogP) is 13.8. The molecule has 10 nitrogen and oxygen atoms in total. The highest BCUT2D eigenvalue weighted by Gasteiger charge is 2.27. The number of hydrogen-bond acceptors (Lipinski definition) is 9. The molecule has 0 aromatic heterocycles. The van der Waals surface area contributed by atoms with Crippen LogP contribution in [0.2, 0.25) is 0 Å². The molecule has 0 aliphatic rings. The van der Waals surface area contributed by atoms with Crippen molar-refractivity contribution in [2.24, 2.45) is 0 Å². The van der Waals surface area contributed by atoms with Crippen LogP contribution in [-0.2, 0) is 32.7 Å². The van der Waals surface area contributed by atoms with Gasteiger partial charge in [-0.05, 0) is 12.8 Å². The molecule has 0 radical (unpaired) electrons. The molecule has 3 N–H and O–H groups in total. The van der Waals surface area contributed by atoms with E-state index in [1.54, 1.807) is 0 Å². The Labute approximate surface area is 363 Å². The third kappa shape index (κ3) is 43.4. The largest absolute Gasteiger partial charge is 0.472 e. The number of carbonyl (C=O) groups excluding carboxylic acids is 2. The van der Waals surface area contributed by atoms with Crippen LogP contribution in [0.15, 0.2) is 0 Å². The Morgan fingerprint density at radius 3 is 0.797 bits per heavy atom. The van der Waals surface area contributed by atoms with Gasteiger partial charge in [-0.25, -0.2) is 4.57 Å². The summed E-state index contributed by atoms with van der Waals surface area (Å²) in [6, 6.07) is 0. The lowest BCUT2D eigenvalue weighted by atomic mass is 10.0. The Kier molecular flexibility index (Phi) is 44.2. The van der Waals surface area contributed by atoms with Crippen LogP contribution in [0.25, 0.3) is 0 Å². The fourth-order valence-electron chi connectivity index (χ4n) is 7.47. The van der Waals surface area contributed by atoms with E-state index in [0.717, 1.165) is 38.5 Å². The molecular formula is C48H95O10P. The fourth-order valence-corrected chi connectivity index (χ4v) is 8.26. The molecule has 0 saturated heterocycles. The van der Waals surface area contributed by atoms with Crippen molar-refractivity contribution in [3.63, 3.8) is 0 Å². The third-order valence-corrected chi connectivity index (χ3v) is 12.3. The van der Waals surface area contributed by atoms with Gasteiger partial charge < -0.3 is 24.6 Å². The summed E-state index contributed by atoms with van der Waals surface area (Å²) in [5.74, 6) is -1.00. The van der Waals surface area contributed by atoms with Crippen molar-refractivity contribution >= 4 is 19.8 Å². The zero-order valence-electron chi connectivity index (χ0n) is 38.5. The average Bonchev–Trinajstić information content (AvgIpc) is 3.22. The Morgan fingerprint density at radius 2 is 0.593 bits per heavy atom. The Balaban J connectivity index is 3.75. The summed E-state index contributed by atoms with van der Waals surface area (Å²) >= 11 is 0. The maximum atomic E-state index is 12.4. The van der Waals surface area contributed by atoms with Crippen LogP contribution in [0.3, 0.4) is 0 Å². The first kappa shape index (κ1) is 58.0. The first-order chi connectivity index (χ1) is 28.8. The lowest BCUT2D eigenvalue weighted by Crippen LogP contribution is -2.28. The van der Waals surface area contributed by atoms with Crippen LogP contribution in [0.5, 0.6) is 0 Å². The van der Waals surface area contributed by atoms with Gasteiger partial charge in [0.05, 0.1) is 26.4 Å². The van der Waals surface area contributed by atoms with E-state index < -0.39 is 58.4 Å². The zero-order valence-corrected chi connectivity index (χ0v) is 39.4. The fraction of sp³-hybridized carbons (Fsp3) is 0.958. The summed E-state index contributed by atoms with van der Waals surface area (Å²) in [6.45, 7) is 2.26. The second-order valence-corrected chi connectivity index (χ2v) is 18.6. The predicted molar refractivity (Wildman–Crippen MR) is 242 cm³/mol. The molecule has 0 fully saturated rings. The highest BCUT2D eigenvalue weighted by molar-refractivity contribution is 7.47. The first-order valence-corrected chi connectivity index (χ1v) is 26.5. The Hall–Kier alpha value is -1.03. The molecule has 0 amide bonds. The summed E-state index contributed by atoms with van der Waals surface area (Å²) in [5, 5.41) is 19.2. The van der Waals surface area contributed by atoms with Crippen molar-refractivity contribution in [3.8, 4) is 0 Å². The average molecular weight is 863 g/mol. The third-order valence-electron chi connectivity index (χ3n) is 11.3. The number of aliphatic hydroxyl groups is 2. The van der Waals surface area contributed by atoms with Gasteiger partial charge in [0.15, 0.2) is 0 Å². The molecule has 0 aliphatic heterocycles. The summed E-state index contributed by atoms with van der Waals surface area (Å²) < 4.78 is 32.6. The monoisotopic (exact) mass is 863 g/mol. The molecule has 3 atom stereocenters. The van der Waals surface area contributed by atoms with Crippen LogP contribution in [0.4, 0.5) is 0 Å². The SMILES string of the molecule is CCCCCCCCCCCCCCCCCCCCCCCCCCC(=O)OC(CO)COP(=O)(O)OCC(CO)OC(=O)CCCCCCCCCCCCCC. The van der Waals surface area contributed by atoms with Crippen molar-refractivity contribution in [3.05, 3.63) is 0 Å². The Bertz CT molecular complexity index is 951. The van der Waals surface area contributed by atoms with Crippen LogP contribution >= 0.6 is 7.82 Å². The standard InChI is InChI=1S/C48H95O10P/c1-3-5-7-9-11-13-15-17-18-19-20-21-22-23-24-25-26-27-28-30-32-34-36-38-40-48(52)58-46(42-50)44-56-59(53,54)55-43-45(41-49)57-47(51)39-37-35-33-31-29-16-14-12-10-8-6-4-2/h45-46,49-50H,3-44H2,1-2H3,(H,53,54). The highest BCUT2D eigenvalue weighted by atomic mass is 31.2. The van der Waals surface area contributed by atoms with Gasteiger partial charge in [-0.2, -0.15) is 0 Å². The van der Waals surface area contributed by atoms with Gasteiger partial charge in [0.25, 0.3) is 0 Å². The van der Waals surface area contributed by atoms with Gasteiger partial charge in [0, 0.05) is 12.8 Å². The van der Waals surface area contributed by atoms with Gasteiger partial charge in [-0.15, -0.1) is 0 Å². The van der Waals surface area contributed by atoms with Gasteiger partial charge in [-0.1, -0.05) is 232 Å². The second kappa shape index (κ2) is 45.0. The van der Waals surface area contributed by atoms with E-state index >= 15 is 0 Å². The maximum Gasteiger partial charge on any atom is 0.472 e. The summed E-state index contributed by atoms with van der Waals surface area (Å²) in [4.78, 5) is 34.6. The lowest BCUT2D eigenvalue weighted by Gasteiger charge is -2.20. The van der Waals surface area contributed by atoms with Crippen molar-refractivity contribution < 1.29 is 47.8 Å². The van der Waals surface area contributed by atoms with Crippen molar-refractivity contribution in [2.45, 2.75) is 270 Å². The summed E-state index contributed by atoms with van der Waals surface area (Å²) in [7, 11) is -4.63. The maximum absolute atomic E-state index is 12.4. The molecule has 59 heavy (non-hydrogen) atoms. The molecule has 0 aliphatic carbocycles. The molecule has 11 heteroatoms. The minimum atomic E-state index is -4.63. The second-order valence-electron chi connectivity index (χ2n) is 17.2. The number of rotatable bonds is 48. The Morgan fingerprint density at radius 1 is 0.390 bits per heavy atom. The number of aliphatic hydroxyl groups excluding tert-OH is 2. The first-order valence-electron chi connectivity index (χ1n) is 25.0. The molecule has 3 unspecified atom stereocenters.